The molecule has 0 amide bonds. The Labute approximate surface area is 382 Å². The van der Waals surface area contributed by atoms with Crippen LogP contribution in [0.15, 0.2) is 223 Å². The summed E-state index contributed by atoms with van der Waals surface area (Å²) in [7, 11) is 0. The van der Waals surface area contributed by atoms with Gasteiger partial charge in [0, 0.05) is 44.9 Å². The largest absolute Gasteiger partial charge is 0.456 e. The van der Waals surface area contributed by atoms with Crippen molar-refractivity contribution in [1.29, 1.82) is 0 Å². The molecule has 0 aliphatic heterocycles. The Bertz CT molecular complexity index is 3270. The van der Waals surface area contributed by atoms with Crippen LogP contribution in [0.25, 0.3) is 55.3 Å². The van der Waals surface area contributed by atoms with Crippen LogP contribution >= 0.6 is 0 Å². The van der Waals surface area contributed by atoms with Crippen molar-refractivity contribution >= 4 is 56.1 Å². The fraction of sp³-hybridized carbons (Fsp3) is 0.129. The third-order valence-corrected chi connectivity index (χ3v) is 13.8. The van der Waals surface area contributed by atoms with Crippen molar-refractivity contribution in [3.05, 3.63) is 230 Å². The molecule has 316 valence electrons. The number of rotatable bonds is 9. The highest BCUT2D eigenvalue weighted by molar-refractivity contribution is 6.06. The minimum absolute atomic E-state index is 0.171. The monoisotopic (exact) mass is 840 g/mol. The summed E-state index contributed by atoms with van der Waals surface area (Å²) in [6.45, 7) is 9.59. The van der Waals surface area contributed by atoms with E-state index in [0.717, 1.165) is 72.8 Å². The normalized spacial score (nSPS) is 14.0. The maximum Gasteiger partial charge on any atom is 0.136 e. The van der Waals surface area contributed by atoms with E-state index in [4.69, 9.17) is 4.42 Å². The van der Waals surface area contributed by atoms with Crippen LogP contribution in [-0.2, 0) is 10.8 Å². The van der Waals surface area contributed by atoms with Crippen LogP contribution in [0.1, 0.15) is 51.7 Å². The van der Waals surface area contributed by atoms with Gasteiger partial charge in [-0.2, -0.15) is 0 Å². The van der Waals surface area contributed by atoms with Gasteiger partial charge in [-0.1, -0.05) is 155 Å². The first-order valence-corrected chi connectivity index (χ1v) is 22.9. The van der Waals surface area contributed by atoms with Gasteiger partial charge >= 0.3 is 0 Å². The summed E-state index contributed by atoms with van der Waals surface area (Å²) in [4.78, 5) is 4.66. The van der Waals surface area contributed by atoms with Crippen LogP contribution in [0, 0.1) is 0 Å². The second kappa shape index (κ2) is 16.2. The fourth-order valence-electron chi connectivity index (χ4n) is 9.93. The first-order chi connectivity index (χ1) is 31.7. The molecule has 10 aromatic rings. The Morgan fingerprint density at radius 3 is 1.15 bits per heavy atom. The van der Waals surface area contributed by atoms with Crippen LogP contribution in [0.3, 0.4) is 0 Å². The maximum atomic E-state index is 6.21. The van der Waals surface area contributed by atoms with E-state index in [2.05, 4.69) is 244 Å². The van der Waals surface area contributed by atoms with Gasteiger partial charge in [0.05, 0.1) is 0 Å². The molecular formula is C62H52N2O. The van der Waals surface area contributed by atoms with E-state index >= 15 is 0 Å². The predicted octanol–water partition coefficient (Wildman–Crippen LogP) is 17.9. The molecular weight excluding hydrogens is 789 g/mol. The topological polar surface area (TPSA) is 19.6 Å². The lowest BCUT2D eigenvalue weighted by atomic mass is 9.63. The molecule has 11 rings (SSSR count). The van der Waals surface area contributed by atoms with Gasteiger partial charge in [-0.25, -0.2) is 0 Å². The number of anilines is 6. The lowest BCUT2D eigenvalue weighted by Crippen LogP contribution is -2.33. The molecule has 0 N–H and O–H groups in total. The highest BCUT2D eigenvalue weighted by Gasteiger charge is 2.37. The van der Waals surface area contributed by atoms with Crippen LogP contribution < -0.4 is 9.80 Å². The molecule has 1 heterocycles. The Morgan fingerprint density at radius 1 is 0.308 bits per heavy atom. The lowest BCUT2D eigenvalue weighted by molar-refractivity contribution is 0.332. The van der Waals surface area contributed by atoms with Crippen molar-refractivity contribution in [3.8, 4) is 33.4 Å². The number of para-hydroxylation sites is 3. The molecule has 0 spiro atoms. The van der Waals surface area contributed by atoms with Crippen LogP contribution in [-0.4, -0.2) is 0 Å². The van der Waals surface area contributed by atoms with E-state index < -0.39 is 0 Å². The third-order valence-electron chi connectivity index (χ3n) is 13.8. The van der Waals surface area contributed by atoms with E-state index in [9.17, 15) is 0 Å². The second-order valence-electron chi connectivity index (χ2n) is 18.9. The van der Waals surface area contributed by atoms with E-state index in [1.54, 1.807) is 0 Å². The van der Waals surface area contributed by atoms with Gasteiger partial charge in [0.2, 0.25) is 0 Å². The van der Waals surface area contributed by atoms with Gasteiger partial charge in [0.15, 0.2) is 0 Å². The third kappa shape index (κ3) is 7.57. The number of hydrogen-bond acceptors (Lipinski definition) is 3. The summed E-state index contributed by atoms with van der Waals surface area (Å²) in [6.07, 6.45) is 2.43. The fourth-order valence-corrected chi connectivity index (χ4v) is 9.93. The van der Waals surface area contributed by atoms with Crippen LogP contribution in [0.2, 0.25) is 0 Å². The van der Waals surface area contributed by atoms with E-state index in [0.29, 0.717) is 0 Å². The summed E-state index contributed by atoms with van der Waals surface area (Å²) >= 11 is 0. The van der Waals surface area contributed by atoms with E-state index in [-0.39, 0.29) is 10.8 Å². The first-order valence-electron chi connectivity index (χ1n) is 22.9. The number of hydrogen-bond donors (Lipinski definition) is 0. The quantitative estimate of drug-likeness (QED) is 0.144. The zero-order chi connectivity index (χ0) is 44.1. The van der Waals surface area contributed by atoms with Crippen LogP contribution in [0.5, 0.6) is 0 Å². The van der Waals surface area contributed by atoms with Gasteiger partial charge in [-0.15, -0.1) is 0 Å². The molecule has 0 saturated carbocycles. The molecule has 0 atom stereocenters. The Hall–Kier alpha value is -7.62. The number of fused-ring (bicyclic) bond motifs is 4. The Balaban J connectivity index is 0.858. The minimum atomic E-state index is 0.171. The highest BCUT2D eigenvalue weighted by atomic mass is 16.3. The highest BCUT2D eigenvalue weighted by Crippen LogP contribution is 2.47. The maximum absolute atomic E-state index is 6.21. The SMILES string of the molecule is CC1(C)CCC(C)(C)c2cc(-c3ccc(N(c4ccccc4)c4ccc(-c5ccc(N(c6ccccc6)c6ccc(-c7ccc8c(c7)oc7ccccc78)cc6)cc5)cc4)cc3)ccc21. The summed E-state index contributed by atoms with van der Waals surface area (Å²) < 4.78 is 6.21. The smallest absolute Gasteiger partial charge is 0.136 e. The Kier molecular flexibility index (Phi) is 10.00. The van der Waals surface area contributed by atoms with Gasteiger partial charge < -0.3 is 14.2 Å². The summed E-state index contributed by atoms with van der Waals surface area (Å²) in [5, 5.41) is 2.29. The Morgan fingerprint density at radius 2 is 0.662 bits per heavy atom. The molecule has 1 aliphatic carbocycles. The molecule has 3 nitrogen and oxygen atoms in total. The molecule has 0 fully saturated rings. The molecule has 9 aromatic carbocycles. The number of furan rings is 1. The van der Waals surface area contributed by atoms with E-state index in [1.165, 1.54) is 40.7 Å². The van der Waals surface area contributed by atoms with Crippen molar-refractivity contribution in [2.24, 2.45) is 0 Å². The van der Waals surface area contributed by atoms with Crippen molar-refractivity contribution in [1.82, 2.24) is 0 Å². The number of nitrogens with zero attached hydrogens (tertiary/aromatic N) is 2. The molecule has 0 saturated heterocycles. The average Bonchev–Trinajstić information content (AvgIpc) is 3.73. The van der Waals surface area contributed by atoms with Gasteiger partial charge in [0.25, 0.3) is 0 Å². The average molecular weight is 841 g/mol. The van der Waals surface area contributed by atoms with Crippen molar-refractivity contribution in [3.63, 3.8) is 0 Å². The molecule has 3 heteroatoms. The molecule has 1 aromatic heterocycles. The molecule has 0 unspecified atom stereocenters. The summed E-state index contributed by atoms with van der Waals surface area (Å²) in [5.74, 6) is 0. The molecule has 0 radical (unpaired) electrons. The molecule has 0 bridgehead atoms. The first kappa shape index (κ1) is 40.2. The van der Waals surface area contributed by atoms with Crippen molar-refractivity contribution in [2.75, 3.05) is 9.80 Å². The second-order valence-corrected chi connectivity index (χ2v) is 18.9. The van der Waals surface area contributed by atoms with Crippen LogP contribution in [0.4, 0.5) is 34.1 Å². The van der Waals surface area contributed by atoms with E-state index in [1.807, 2.05) is 12.1 Å². The van der Waals surface area contributed by atoms with Gasteiger partial charge in [-0.3, -0.25) is 0 Å². The minimum Gasteiger partial charge on any atom is -0.456 e. The van der Waals surface area contributed by atoms with Crippen molar-refractivity contribution < 1.29 is 4.42 Å². The lowest BCUT2D eigenvalue weighted by Gasteiger charge is -2.42. The zero-order valence-corrected chi connectivity index (χ0v) is 37.5. The summed E-state index contributed by atoms with van der Waals surface area (Å²) in [5.41, 5.74) is 18.9. The zero-order valence-electron chi connectivity index (χ0n) is 37.5. The molecule has 65 heavy (non-hydrogen) atoms. The standard InChI is InChI=1S/C62H52N2O/c1-61(2)39-40-62(3,4)58-41-47(28-38-57(58)61)45-23-33-53(34-24-45)63(49-13-7-5-8-14-49)51-29-19-43(20-30-51)44-21-31-52(32-22-44)64(50-15-9-6-10-16-50)54-35-25-46(26-36-54)48-27-37-56-55-17-11-12-18-59(55)65-60(56)42-48/h5-38,41-42H,39-40H2,1-4H3. The summed E-state index contributed by atoms with van der Waals surface area (Å²) in [6, 6.07) is 78.9. The van der Waals surface area contributed by atoms with Crippen molar-refractivity contribution in [2.45, 2.75) is 51.4 Å². The van der Waals surface area contributed by atoms with Gasteiger partial charge in [0.1, 0.15) is 11.2 Å². The van der Waals surface area contributed by atoms with Gasteiger partial charge in [-0.05, 0) is 159 Å². The number of benzene rings is 9. The molecule has 1 aliphatic rings. The predicted molar refractivity (Wildman–Crippen MR) is 275 cm³/mol.